The van der Waals surface area contributed by atoms with Crippen LogP contribution in [0.4, 0.5) is 5.82 Å². The molecule has 3 fully saturated rings. The number of anilines is 1. The van der Waals surface area contributed by atoms with Crippen molar-refractivity contribution in [3.8, 4) is 5.75 Å². The van der Waals surface area contributed by atoms with Gasteiger partial charge in [0.05, 0.1) is 5.41 Å². The van der Waals surface area contributed by atoms with Crippen LogP contribution in [0.5, 0.6) is 5.75 Å². The van der Waals surface area contributed by atoms with Crippen molar-refractivity contribution in [3.05, 3.63) is 51.1 Å². The highest BCUT2D eigenvalue weighted by atomic mass is 35.5. The van der Waals surface area contributed by atoms with Crippen LogP contribution in [0.25, 0.3) is 0 Å². The maximum Gasteiger partial charge on any atom is 0.309 e. The molecular formula is C30H37Cl2N3O3. The molecule has 0 radical (unpaired) electrons. The number of pyridine rings is 1. The zero-order valence-corrected chi connectivity index (χ0v) is 23.8. The molecule has 2 aliphatic carbocycles. The van der Waals surface area contributed by atoms with Gasteiger partial charge in [-0.3, -0.25) is 4.79 Å². The van der Waals surface area contributed by atoms with Crippen molar-refractivity contribution in [2.45, 2.75) is 70.9 Å². The minimum Gasteiger partial charge on any atom is -0.485 e. The molecule has 4 aliphatic rings. The highest BCUT2D eigenvalue weighted by Crippen LogP contribution is 2.46. The number of ether oxygens (including phenoxy) is 1. The molecule has 2 aromatic rings. The van der Waals surface area contributed by atoms with Crippen LogP contribution in [0.1, 0.15) is 68.9 Å². The number of benzene rings is 1. The van der Waals surface area contributed by atoms with Gasteiger partial charge in [-0.15, -0.1) is 0 Å². The van der Waals surface area contributed by atoms with E-state index in [0.29, 0.717) is 27.9 Å². The van der Waals surface area contributed by atoms with Crippen LogP contribution in [0.3, 0.4) is 0 Å². The summed E-state index contributed by atoms with van der Waals surface area (Å²) in [6, 6.07) is 8.13. The molecule has 1 saturated carbocycles. The molecule has 0 bridgehead atoms. The van der Waals surface area contributed by atoms with Crippen molar-refractivity contribution >= 4 is 35.0 Å². The molecule has 0 unspecified atom stereocenters. The number of aromatic nitrogens is 1. The third-order valence-electron chi connectivity index (χ3n) is 9.49. The zero-order valence-electron chi connectivity index (χ0n) is 22.3. The number of hydrogen-bond donors (Lipinski definition) is 1. The Morgan fingerprint density at radius 3 is 2.66 bits per heavy atom. The van der Waals surface area contributed by atoms with Gasteiger partial charge in [0.15, 0.2) is 0 Å². The van der Waals surface area contributed by atoms with Crippen molar-refractivity contribution in [2.75, 3.05) is 31.1 Å². The number of fused-ring (bicyclic) bond motifs is 1. The van der Waals surface area contributed by atoms with E-state index in [1.54, 1.807) is 6.07 Å². The number of hydrogen-bond acceptors (Lipinski definition) is 5. The number of carbonyl (C=O) groups is 1. The number of rotatable bonds is 7. The smallest absolute Gasteiger partial charge is 0.309 e. The van der Waals surface area contributed by atoms with Gasteiger partial charge in [-0.05, 0) is 89.3 Å². The largest absolute Gasteiger partial charge is 0.485 e. The van der Waals surface area contributed by atoms with Crippen molar-refractivity contribution in [1.82, 2.24) is 9.88 Å². The van der Waals surface area contributed by atoms with Gasteiger partial charge in [0.25, 0.3) is 0 Å². The average molecular weight is 559 g/mol. The van der Waals surface area contributed by atoms with Gasteiger partial charge in [0.1, 0.15) is 17.7 Å². The monoisotopic (exact) mass is 557 g/mol. The summed E-state index contributed by atoms with van der Waals surface area (Å²) in [5.74, 6) is 2.65. The van der Waals surface area contributed by atoms with Gasteiger partial charge < -0.3 is 19.6 Å². The van der Waals surface area contributed by atoms with E-state index in [1.165, 1.54) is 24.1 Å². The molecule has 1 aromatic heterocycles. The van der Waals surface area contributed by atoms with Crippen molar-refractivity contribution < 1.29 is 14.6 Å². The summed E-state index contributed by atoms with van der Waals surface area (Å²) in [6.07, 6.45) is 6.97. The fraction of sp³-hybridized carbons (Fsp3) is 0.600. The lowest BCUT2D eigenvalue weighted by atomic mass is 9.65. The topological polar surface area (TPSA) is 65.9 Å². The van der Waals surface area contributed by atoms with Crippen LogP contribution >= 0.6 is 23.2 Å². The SMILES string of the molecule is C[C@@H](Oc1cc(N2CC([C@H]3CCCN(C4CC(C)(C(=O)O)C4)C3)C2)nc2c1CCC2)c1ccc(Cl)cc1Cl. The quantitative estimate of drug-likeness (QED) is 0.423. The van der Waals surface area contributed by atoms with Crippen molar-refractivity contribution in [1.29, 1.82) is 0 Å². The van der Waals surface area contributed by atoms with E-state index in [2.05, 4.69) is 15.9 Å². The molecule has 8 heteroatoms. The van der Waals surface area contributed by atoms with Crippen LogP contribution in [0.2, 0.25) is 10.0 Å². The summed E-state index contributed by atoms with van der Waals surface area (Å²) < 4.78 is 6.52. The van der Waals surface area contributed by atoms with Crippen LogP contribution in [0, 0.1) is 17.3 Å². The lowest BCUT2D eigenvalue weighted by molar-refractivity contribution is -0.158. The summed E-state index contributed by atoms with van der Waals surface area (Å²) in [6.45, 7) is 8.19. The van der Waals surface area contributed by atoms with Crippen LogP contribution < -0.4 is 9.64 Å². The minimum atomic E-state index is -0.646. The number of piperidine rings is 1. The Morgan fingerprint density at radius 1 is 1.13 bits per heavy atom. The molecule has 0 spiro atoms. The predicted molar refractivity (Wildman–Crippen MR) is 151 cm³/mol. The number of nitrogens with zero attached hydrogens (tertiary/aromatic N) is 3. The third kappa shape index (κ3) is 4.89. The molecule has 6 rings (SSSR count). The number of likely N-dealkylation sites (tertiary alicyclic amines) is 1. The van der Waals surface area contributed by atoms with Crippen molar-refractivity contribution in [3.63, 3.8) is 0 Å². The second-order valence-corrected chi connectivity index (χ2v) is 13.0. The molecule has 2 saturated heterocycles. The van der Waals surface area contributed by atoms with E-state index in [1.807, 2.05) is 26.0 Å². The maximum atomic E-state index is 11.5. The first-order chi connectivity index (χ1) is 18.2. The Hall–Kier alpha value is -2.02. The van der Waals surface area contributed by atoms with Gasteiger partial charge in [-0.25, -0.2) is 4.98 Å². The average Bonchev–Trinajstić information content (AvgIpc) is 3.30. The molecular weight excluding hydrogens is 521 g/mol. The Kier molecular flexibility index (Phi) is 7.02. The summed E-state index contributed by atoms with van der Waals surface area (Å²) >= 11 is 12.6. The maximum absolute atomic E-state index is 11.5. The lowest BCUT2D eigenvalue weighted by Crippen LogP contribution is -2.58. The first-order valence-electron chi connectivity index (χ1n) is 14.1. The van der Waals surface area contributed by atoms with Gasteiger partial charge in [0, 0.05) is 58.6 Å². The predicted octanol–water partition coefficient (Wildman–Crippen LogP) is 6.42. The number of aryl methyl sites for hydroxylation is 1. The number of aliphatic carboxylic acids is 1. The fourth-order valence-corrected chi connectivity index (χ4v) is 7.57. The van der Waals surface area contributed by atoms with Crippen LogP contribution in [0.15, 0.2) is 24.3 Å². The lowest BCUT2D eigenvalue weighted by Gasteiger charge is -2.52. The zero-order chi connectivity index (χ0) is 26.6. The molecule has 2 aliphatic heterocycles. The Labute approximate surface area is 235 Å². The normalized spacial score (nSPS) is 28.4. The van der Waals surface area contributed by atoms with Crippen LogP contribution in [-0.2, 0) is 17.6 Å². The highest BCUT2D eigenvalue weighted by molar-refractivity contribution is 6.35. The van der Waals surface area contributed by atoms with Gasteiger partial charge in [0.2, 0.25) is 0 Å². The minimum absolute atomic E-state index is 0.188. The van der Waals surface area contributed by atoms with Crippen molar-refractivity contribution in [2.24, 2.45) is 17.3 Å². The second kappa shape index (κ2) is 10.2. The van der Waals surface area contributed by atoms with E-state index in [9.17, 15) is 9.90 Å². The third-order valence-corrected chi connectivity index (χ3v) is 10.1. The van der Waals surface area contributed by atoms with E-state index >= 15 is 0 Å². The van der Waals surface area contributed by atoms with Crippen LogP contribution in [-0.4, -0.2) is 53.2 Å². The number of carboxylic acid groups (broad SMARTS) is 1. The Morgan fingerprint density at radius 2 is 1.92 bits per heavy atom. The molecule has 0 amide bonds. The summed E-state index contributed by atoms with van der Waals surface area (Å²) in [4.78, 5) is 21.6. The molecule has 6 nitrogen and oxygen atoms in total. The van der Waals surface area contributed by atoms with E-state index in [0.717, 1.165) is 75.4 Å². The molecule has 1 N–H and O–H groups in total. The van der Waals surface area contributed by atoms with E-state index in [4.69, 9.17) is 32.9 Å². The summed E-state index contributed by atoms with van der Waals surface area (Å²) in [7, 11) is 0. The summed E-state index contributed by atoms with van der Waals surface area (Å²) in [5.41, 5.74) is 2.81. The first kappa shape index (κ1) is 26.2. The molecule has 2 atom stereocenters. The fourth-order valence-electron chi connectivity index (χ4n) is 7.01. The van der Waals surface area contributed by atoms with Gasteiger partial charge >= 0.3 is 5.97 Å². The number of halogens is 2. The molecule has 204 valence electrons. The van der Waals surface area contributed by atoms with Gasteiger partial charge in [-0.1, -0.05) is 29.3 Å². The van der Waals surface area contributed by atoms with E-state index in [-0.39, 0.29) is 6.10 Å². The van der Waals surface area contributed by atoms with Gasteiger partial charge in [-0.2, -0.15) is 0 Å². The molecule has 1 aromatic carbocycles. The Balaban J connectivity index is 1.10. The molecule has 38 heavy (non-hydrogen) atoms. The number of carboxylic acids is 1. The second-order valence-electron chi connectivity index (χ2n) is 12.2. The summed E-state index contributed by atoms with van der Waals surface area (Å²) in [5, 5.41) is 10.7. The van der Waals surface area contributed by atoms with E-state index < -0.39 is 11.4 Å². The standard InChI is InChI=1S/C30H37Cl2N3O3/c1-18(23-9-8-21(31)11-25(23)32)38-27-12-28(33-26-7-3-6-24(26)27)35-16-20(17-35)19-5-4-10-34(15-19)22-13-30(2,14-22)29(36)37/h8-9,11-12,18-20,22H,3-7,10,13-17H2,1-2H3,(H,36,37)/t18-,19+,22?,30?/m1/s1. The molecule has 3 heterocycles. The Bertz CT molecular complexity index is 1230. The first-order valence-corrected chi connectivity index (χ1v) is 14.8. The highest BCUT2D eigenvalue weighted by Gasteiger charge is 2.49.